The van der Waals surface area contributed by atoms with Crippen LogP contribution < -0.4 is 0 Å². The molecule has 0 saturated carbocycles. The van der Waals surface area contributed by atoms with Crippen molar-refractivity contribution in [2.24, 2.45) is 0 Å². The van der Waals surface area contributed by atoms with Crippen LogP contribution in [-0.2, 0) is 0 Å². The fourth-order valence-electron chi connectivity index (χ4n) is 1.26. The quantitative estimate of drug-likeness (QED) is 0.450. The smallest absolute Gasteiger partial charge is 0.0784 e. The van der Waals surface area contributed by atoms with Crippen molar-refractivity contribution in [1.82, 2.24) is 0 Å². The lowest BCUT2D eigenvalue weighted by Gasteiger charge is -2.09. The van der Waals surface area contributed by atoms with Gasteiger partial charge in [0.2, 0.25) is 0 Å². The Bertz CT molecular complexity index is 149. The van der Waals surface area contributed by atoms with Gasteiger partial charge in [-0.3, -0.25) is 0 Å². The third kappa shape index (κ3) is 6.59. The molecule has 1 N–H and O–H groups in total. The predicted molar refractivity (Wildman–Crippen MR) is 58.7 cm³/mol. The van der Waals surface area contributed by atoms with Gasteiger partial charge in [-0.25, -0.2) is 0 Å². The molecule has 1 atom stereocenters. The highest BCUT2D eigenvalue weighted by Gasteiger charge is 2.04. The highest BCUT2D eigenvalue weighted by Crippen LogP contribution is 2.11. The number of rotatable bonds is 8. The van der Waals surface area contributed by atoms with Crippen LogP contribution in [0.1, 0.15) is 45.4 Å². The van der Waals surface area contributed by atoms with Crippen molar-refractivity contribution >= 4 is 0 Å². The molecule has 0 aliphatic heterocycles. The van der Waals surface area contributed by atoms with Crippen molar-refractivity contribution < 1.29 is 5.11 Å². The second-order valence-electron chi connectivity index (χ2n) is 3.50. The second kappa shape index (κ2) is 8.06. The minimum Gasteiger partial charge on any atom is -0.388 e. The van der Waals surface area contributed by atoms with Crippen molar-refractivity contribution in [2.75, 3.05) is 0 Å². The van der Waals surface area contributed by atoms with E-state index in [0.717, 1.165) is 18.4 Å². The Balaban J connectivity index is 3.31. The van der Waals surface area contributed by atoms with Crippen LogP contribution in [0.15, 0.2) is 24.8 Å². The van der Waals surface area contributed by atoms with E-state index < -0.39 is 0 Å². The Hall–Kier alpha value is -0.560. The fourth-order valence-corrected chi connectivity index (χ4v) is 1.26. The third-order valence-corrected chi connectivity index (χ3v) is 2.27. The topological polar surface area (TPSA) is 20.2 Å². The molecule has 76 valence electrons. The lowest BCUT2D eigenvalue weighted by atomic mass is 10.0. The van der Waals surface area contributed by atoms with E-state index in [2.05, 4.69) is 20.1 Å². The molecule has 1 unspecified atom stereocenters. The summed E-state index contributed by atoms with van der Waals surface area (Å²) >= 11 is 0. The maximum atomic E-state index is 9.50. The van der Waals surface area contributed by atoms with E-state index in [1.54, 1.807) is 6.08 Å². The van der Waals surface area contributed by atoms with E-state index in [9.17, 15) is 5.11 Å². The Morgan fingerprint density at radius 2 is 1.92 bits per heavy atom. The molecule has 0 bridgehead atoms. The van der Waals surface area contributed by atoms with Gasteiger partial charge in [-0.15, -0.1) is 0 Å². The molecule has 0 aromatic rings. The monoisotopic (exact) mass is 182 g/mol. The lowest BCUT2D eigenvalue weighted by molar-refractivity contribution is 0.200. The standard InChI is InChI=1S/C12H22O/c1-4-6-7-8-9-10-12(13)11(3)5-2/h5,12-13H,2-4,6-10H2,1H3. The van der Waals surface area contributed by atoms with Crippen LogP contribution >= 0.6 is 0 Å². The summed E-state index contributed by atoms with van der Waals surface area (Å²) in [5.41, 5.74) is 0.746. The molecule has 0 fully saturated rings. The average Bonchev–Trinajstić information content (AvgIpc) is 2.16. The Morgan fingerprint density at radius 3 is 2.46 bits per heavy atom. The van der Waals surface area contributed by atoms with Crippen LogP contribution in [0, 0.1) is 0 Å². The normalized spacial score (nSPS) is 12.5. The molecular formula is C12H22O. The molecule has 13 heavy (non-hydrogen) atoms. The van der Waals surface area contributed by atoms with Crippen LogP contribution in [0.2, 0.25) is 0 Å². The van der Waals surface area contributed by atoms with Gasteiger partial charge in [0.15, 0.2) is 0 Å². The highest BCUT2D eigenvalue weighted by molar-refractivity contribution is 5.15. The van der Waals surface area contributed by atoms with Gasteiger partial charge in [-0.05, 0) is 12.0 Å². The molecule has 0 radical (unpaired) electrons. The van der Waals surface area contributed by atoms with Crippen LogP contribution in [-0.4, -0.2) is 11.2 Å². The second-order valence-corrected chi connectivity index (χ2v) is 3.50. The summed E-state index contributed by atoms with van der Waals surface area (Å²) in [5.74, 6) is 0. The van der Waals surface area contributed by atoms with Crippen molar-refractivity contribution in [2.45, 2.75) is 51.6 Å². The van der Waals surface area contributed by atoms with E-state index in [1.807, 2.05) is 0 Å². The highest BCUT2D eigenvalue weighted by atomic mass is 16.3. The molecule has 0 spiro atoms. The maximum absolute atomic E-state index is 9.50. The van der Waals surface area contributed by atoms with Crippen molar-refractivity contribution in [3.05, 3.63) is 24.8 Å². The van der Waals surface area contributed by atoms with Crippen LogP contribution in [0.4, 0.5) is 0 Å². The van der Waals surface area contributed by atoms with E-state index in [4.69, 9.17) is 0 Å². The molecule has 0 aliphatic rings. The lowest BCUT2D eigenvalue weighted by Crippen LogP contribution is -2.07. The molecule has 0 aromatic carbocycles. The summed E-state index contributed by atoms with van der Waals surface area (Å²) in [6.07, 6.45) is 8.25. The molecule has 1 nitrogen and oxygen atoms in total. The molecular weight excluding hydrogens is 160 g/mol. The van der Waals surface area contributed by atoms with Gasteiger partial charge < -0.3 is 5.11 Å². The molecule has 0 aromatic heterocycles. The van der Waals surface area contributed by atoms with Gasteiger partial charge in [-0.1, -0.05) is 58.3 Å². The van der Waals surface area contributed by atoms with Gasteiger partial charge in [0.05, 0.1) is 6.10 Å². The summed E-state index contributed by atoms with van der Waals surface area (Å²) in [6.45, 7) is 9.50. The first kappa shape index (κ1) is 12.4. The summed E-state index contributed by atoms with van der Waals surface area (Å²) in [6, 6.07) is 0. The molecule has 0 amide bonds. The number of unbranched alkanes of at least 4 members (excludes halogenated alkanes) is 4. The van der Waals surface area contributed by atoms with Crippen molar-refractivity contribution in [3.63, 3.8) is 0 Å². The summed E-state index contributed by atoms with van der Waals surface area (Å²) in [5, 5.41) is 9.50. The number of hydrogen-bond donors (Lipinski definition) is 1. The van der Waals surface area contributed by atoms with Crippen LogP contribution in [0.3, 0.4) is 0 Å². The zero-order valence-corrected chi connectivity index (χ0v) is 8.76. The van der Waals surface area contributed by atoms with E-state index in [-0.39, 0.29) is 6.10 Å². The van der Waals surface area contributed by atoms with Gasteiger partial charge >= 0.3 is 0 Å². The third-order valence-electron chi connectivity index (χ3n) is 2.27. The summed E-state index contributed by atoms with van der Waals surface area (Å²) in [4.78, 5) is 0. The maximum Gasteiger partial charge on any atom is 0.0784 e. The first-order chi connectivity index (χ1) is 6.22. The first-order valence-corrected chi connectivity index (χ1v) is 5.21. The minimum absolute atomic E-state index is 0.376. The molecule has 0 heterocycles. The van der Waals surface area contributed by atoms with Crippen LogP contribution in [0.25, 0.3) is 0 Å². The molecule has 0 saturated heterocycles. The summed E-state index contributed by atoms with van der Waals surface area (Å²) < 4.78 is 0. The molecule has 1 heteroatoms. The number of aliphatic hydroxyl groups is 1. The fraction of sp³-hybridized carbons (Fsp3) is 0.667. The minimum atomic E-state index is -0.376. The largest absolute Gasteiger partial charge is 0.388 e. The Kier molecular flexibility index (Phi) is 7.71. The predicted octanol–water partition coefficient (Wildman–Crippen LogP) is 3.45. The molecule has 0 aliphatic carbocycles. The zero-order valence-electron chi connectivity index (χ0n) is 8.76. The van der Waals surface area contributed by atoms with Gasteiger partial charge in [0, 0.05) is 0 Å². The van der Waals surface area contributed by atoms with Gasteiger partial charge in [-0.2, -0.15) is 0 Å². The Morgan fingerprint density at radius 1 is 1.31 bits per heavy atom. The van der Waals surface area contributed by atoms with Gasteiger partial charge in [0.25, 0.3) is 0 Å². The van der Waals surface area contributed by atoms with E-state index in [0.29, 0.717) is 0 Å². The summed E-state index contributed by atoms with van der Waals surface area (Å²) in [7, 11) is 0. The SMILES string of the molecule is C=CC(=C)C(O)CCCCCCC. The number of hydrogen-bond acceptors (Lipinski definition) is 1. The average molecular weight is 182 g/mol. The first-order valence-electron chi connectivity index (χ1n) is 5.21. The Labute approximate surface area is 82.2 Å². The van der Waals surface area contributed by atoms with E-state index in [1.165, 1.54) is 25.7 Å². The number of aliphatic hydroxyl groups excluding tert-OH is 1. The van der Waals surface area contributed by atoms with Gasteiger partial charge in [0.1, 0.15) is 0 Å². The van der Waals surface area contributed by atoms with E-state index >= 15 is 0 Å². The van der Waals surface area contributed by atoms with Crippen molar-refractivity contribution in [1.29, 1.82) is 0 Å². The zero-order chi connectivity index (χ0) is 10.1. The van der Waals surface area contributed by atoms with Crippen LogP contribution in [0.5, 0.6) is 0 Å². The van der Waals surface area contributed by atoms with Crippen molar-refractivity contribution in [3.8, 4) is 0 Å². The molecule has 0 rings (SSSR count).